The highest BCUT2D eigenvalue weighted by molar-refractivity contribution is 5.74. The van der Waals surface area contributed by atoms with Gasteiger partial charge in [-0.3, -0.25) is 19.2 Å². The molecule has 5 rings (SSSR count). The van der Waals surface area contributed by atoms with Gasteiger partial charge in [-0.2, -0.15) is 0 Å². The van der Waals surface area contributed by atoms with Crippen LogP contribution in [0.15, 0.2) is 11.1 Å². The summed E-state index contributed by atoms with van der Waals surface area (Å²) in [4.78, 5) is 49.4. The van der Waals surface area contributed by atoms with Gasteiger partial charge in [-0.15, -0.1) is 0 Å². The van der Waals surface area contributed by atoms with Crippen molar-refractivity contribution in [1.29, 1.82) is 0 Å². The maximum absolute atomic E-state index is 13.3. The third kappa shape index (κ3) is 6.94. The molecule has 0 aromatic carbocycles. The Labute approximate surface area is 308 Å². The van der Waals surface area contributed by atoms with Gasteiger partial charge < -0.3 is 39.4 Å². The largest absolute Gasteiger partial charge is 0.481 e. The second-order valence-corrected chi connectivity index (χ2v) is 18.8. The van der Waals surface area contributed by atoms with E-state index in [1.54, 1.807) is 13.8 Å². The zero-order valence-corrected chi connectivity index (χ0v) is 32.7. The predicted molar refractivity (Wildman–Crippen MR) is 188 cm³/mol. The van der Waals surface area contributed by atoms with Crippen LogP contribution in [0.1, 0.15) is 133 Å². The summed E-state index contributed by atoms with van der Waals surface area (Å²) in [5.41, 5.74) is -2.63. The van der Waals surface area contributed by atoms with Crippen LogP contribution < -0.4 is 0 Å². The molecule has 0 aromatic rings. The lowest BCUT2D eigenvalue weighted by Gasteiger charge is -2.64. The summed E-state index contributed by atoms with van der Waals surface area (Å²) in [6.07, 6.45) is 0.342. The number of esters is 3. The Hall–Kier alpha value is -2.54. The normalized spacial score (nSPS) is 41.1. The number of ether oxygens (including phenoxy) is 4. The van der Waals surface area contributed by atoms with Crippen LogP contribution in [0.5, 0.6) is 0 Å². The van der Waals surface area contributed by atoms with Crippen LogP contribution in [0.2, 0.25) is 0 Å². The van der Waals surface area contributed by atoms with Crippen LogP contribution in [0.3, 0.4) is 0 Å². The SMILES string of the molecule is CC(=O)O[C@H]1O[C@@H](C(C)(C)O)CC[C@@H]1[C@H]1CC[C@@]2(C)C3=C(C[C@H](O)[C@]12C)[C@@]1(C)C[C@@H](OC(=O)C[C@@](C)(O)CC(=O)O)[C@H](OC(C)=O)C(C)(C)[C@@H]1CC3. The second kappa shape index (κ2) is 13.6. The molecule has 0 aromatic heterocycles. The molecule has 52 heavy (non-hydrogen) atoms. The van der Waals surface area contributed by atoms with E-state index < -0.39 is 100 Å². The van der Waals surface area contributed by atoms with Crippen molar-refractivity contribution in [2.45, 2.75) is 175 Å². The molecule has 0 radical (unpaired) electrons. The van der Waals surface area contributed by atoms with Gasteiger partial charge in [-0.1, -0.05) is 45.8 Å². The standard InChI is InChI=1S/C40H62O12/c1-21(41)49-33-27(51-32(46)20-37(7,48)19-31(44)45)18-38(8)26-17-29(43)40(10)24(15-16-39(40,9)25(26)12-13-28(38)35(33,3)4)23-11-14-30(36(5,6)47)52-34(23)50-22(2)42/h23-24,27-30,33-34,43,47-48H,11-20H2,1-10H3,(H,44,45)/t23-,24-,27-,28+,29+,30-,33+,34+,37+,38-,39+,40+/m1/s1. The molecule has 12 atom stereocenters. The Morgan fingerprint density at radius 2 is 1.50 bits per heavy atom. The van der Waals surface area contributed by atoms with Crippen LogP contribution in [0.25, 0.3) is 0 Å². The van der Waals surface area contributed by atoms with Crippen molar-refractivity contribution >= 4 is 23.9 Å². The Morgan fingerprint density at radius 1 is 0.865 bits per heavy atom. The quantitative estimate of drug-likeness (QED) is 0.138. The number of hydrogen-bond donors (Lipinski definition) is 4. The van der Waals surface area contributed by atoms with Crippen LogP contribution in [-0.4, -0.2) is 86.2 Å². The molecule has 0 amide bonds. The maximum Gasteiger partial charge on any atom is 0.309 e. The minimum Gasteiger partial charge on any atom is -0.481 e. The van der Waals surface area contributed by atoms with Crippen LogP contribution in [0, 0.1) is 39.4 Å². The van der Waals surface area contributed by atoms with Crippen molar-refractivity contribution in [3.05, 3.63) is 11.1 Å². The summed E-state index contributed by atoms with van der Waals surface area (Å²) in [5, 5.41) is 43.1. The van der Waals surface area contributed by atoms with E-state index in [4.69, 9.17) is 18.9 Å². The number of aliphatic hydroxyl groups excluding tert-OH is 1. The molecule has 3 fully saturated rings. The van der Waals surface area contributed by atoms with Gasteiger partial charge in [0, 0.05) is 30.6 Å². The molecule has 4 N–H and O–H groups in total. The number of carbonyl (C=O) groups excluding carboxylic acids is 3. The zero-order valence-electron chi connectivity index (χ0n) is 32.7. The van der Waals surface area contributed by atoms with Crippen molar-refractivity contribution < 1.29 is 58.6 Å². The molecule has 0 unspecified atom stereocenters. The highest BCUT2D eigenvalue weighted by atomic mass is 16.7. The number of carboxylic acids is 1. The fourth-order valence-electron chi connectivity index (χ4n) is 11.9. The summed E-state index contributed by atoms with van der Waals surface area (Å²) in [6, 6.07) is 0. The van der Waals surface area contributed by atoms with Gasteiger partial charge in [0.05, 0.1) is 36.3 Å². The maximum atomic E-state index is 13.3. The number of aliphatic carboxylic acids is 1. The number of carboxylic acid groups (broad SMARTS) is 1. The van der Waals surface area contributed by atoms with Gasteiger partial charge >= 0.3 is 23.9 Å². The van der Waals surface area contributed by atoms with Crippen molar-refractivity contribution in [2.24, 2.45) is 39.4 Å². The average Bonchev–Trinajstić information content (AvgIpc) is 3.26. The molecule has 294 valence electrons. The van der Waals surface area contributed by atoms with Crippen LogP contribution in [0.4, 0.5) is 0 Å². The lowest BCUT2D eigenvalue weighted by atomic mass is 9.42. The molecule has 1 aliphatic heterocycles. The van der Waals surface area contributed by atoms with E-state index in [-0.39, 0.29) is 17.8 Å². The van der Waals surface area contributed by atoms with Crippen LogP contribution >= 0.6 is 0 Å². The first kappa shape index (κ1) is 40.6. The fraction of sp³-hybridized carbons (Fsp3) is 0.850. The molecular formula is C40H62O12. The van der Waals surface area contributed by atoms with Crippen LogP contribution in [-0.2, 0) is 38.1 Å². The van der Waals surface area contributed by atoms with E-state index >= 15 is 0 Å². The summed E-state index contributed by atoms with van der Waals surface area (Å²) in [5.74, 6) is -3.15. The Morgan fingerprint density at radius 3 is 2.08 bits per heavy atom. The topological polar surface area (TPSA) is 186 Å². The van der Waals surface area contributed by atoms with Gasteiger partial charge in [0.25, 0.3) is 0 Å². The monoisotopic (exact) mass is 734 g/mol. The van der Waals surface area contributed by atoms with E-state index in [1.807, 2.05) is 13.8 Å². The second-order valence-electron chi connectivity index (χ2n) is 18.8. The van der Waals surface area contributed by atoms with E-state index in [2.05, 4.69) is 20.8 Å². The number of rotatable bonds is 9. The summed E-state index contributed by atoms with van der Waals surface area (Å²) < 4.78 is 24.1. The summed E-state index contributed by atoms with van der Waals surface area (Å²) in [7, 11) is 0. The third-order valence-corrected chi connectivity index (χ3v) is 14.4. The van der Waals surface area contributed by atoms with Gasteiger partial charge in [0.15, 0.2) is 0 Å². The number of hydrogen-bond acceptors (Lipinski definition) is 11. The average molecular weight is 735 g/mol. The summed E-state index contributed by atoms with van der Waals surface area (Å²) in [6.45, 7) is 18.0. The first-order valence-electron chi connectivity index (χ1n) is 19.0. The zero-order chi connectivity index (χ0) is 39.0. The summed E-state index contributed by atoms with van der Waals surface area (Å²) >= 11 is 0. The Kier molecular flexibility index (Phi) is 10.7. The Balaban J connectivity index is 1.51. The molecule has 5 aliphatic rings. The highest BCUT2D eigenvalue weighted by Crippen LogP contribution is 2.73. The molecule has 2 saturated carbocycles. The van der Waals surface area contributed by atoms with Crippen molar-refractivity contribution in [1.82, 2.24) is 0 Å². The molecule has 1 saturated heterocycles. The Bertz CT molecular complexity index is 1470. The number of aliphatic hydroxyl groups is 3. The molecular weight excluding hydrogens is 672 g/mol. The molecule has 0 spiro atoms. The number of allylic oxidation sites excluding steroid dienone is 1. The van der Waals surface area contributed by atoms with E-state index in [9.17, 15) is 39.6 Å². The molecule has 12 heteroatoms. The molecule has 12 nitrogen and oxygen atoms in total. The van der Waals surface area contributed by atoms with Gasteiger partial charge in [0.2, 0.25) is 6.29 Å². The first-order valence-corrected chi connectivity index (χ1v) is 19.0. The fourth-order valence-corrected chi connectivity index (χ4v) is 11.9. The third-order valence-electron chi connectivity index (χ3n) is 14.4. The smallest absolute Gasteiger partial charge is 0.309 e. The molecule has 0 bridgehead atoms. The predicted octanol–water partition coefficient (Wildman–Crippen LogP) is 5.23. The molecule has 1 heterocycles. The van der Waals surface area contributed by atoms with Gasteiger partial charge in [0.1, 0.15) is 12.2 Å². The minimum atomic E-state index is -1.82. The number of fused-ring (bicyclic) bond motifs is 4. The minimum absolute atomic E-state index is 0.0180. The van der Waals surface area contributed by atoms with Crippen molar-refractivity contribution in [3.8, 4) is 0 Å². The van der Waals surface area contributed by atoms with Crippen molar-refractivity contribution in [3.63, 3.8) is 0 Å². The molecule has 4 aliphatic carbocycles. The van der Waals surface area contributed by atoms with E-state index in [0.717, 1.165) is 31.3 Å². The van der Waals surface area contributed by atoms with Gasteiger partial charge in [-0.25, -0.2) is 0 Å². The van der Waals surface area contributed by atoms with Gasteiger partial charge in [-0.05, 0) is 94.8 Å². The van der Waals surface area contributed by atoms with E-state index in [1.165, 1.54) is 26.3 Å². The van der Waals surface area contributed by atoms with Crippen molar-refractivity contribution in [2.75, 3.05) is 0 Å². The van der Waals surface area contributed by atoms with E-state index in [0.29, 0.717) is 25.7 Å². The number of carbonyl (C=O) groups is 4. The lowest BCUT2D eigenvalue weighted by molar-refractivity contribution is -0.261. The lowest BCUT2D eigenvalue weighted by Crippen LogP contribution is -2.63. The highest BCUT2D eigenvalue weighted by Gasteiger charge is 2.69. The first-order chi connectivity index (χ1) is 23.8.